The fourth-order valence-electron chi connectivity index (χ4n) is 1.22. The lowest BCUT2D eigenvalue weighted by atomic mass is 10.1. The molecule has 66 valence electrons. The molecule has 0 aliphatic rings. The maximum atomic E-state index is 3.43. The number of rotatable bonds is 3. The van der Waals surface area contributed by atoms with Gasteiger partial charge in [-0.1, -0.05) is 35.0 Å². The molecule has 0 heterocycles. The van der Waals surface area contributed by atoms with Crippen LogP contribution in [0.2, 0.25) is 0 Å². The first-order chi connectivity index (χ1) is 5.77. The SMILES string of the molecule is CC[C@@H](SC)c1ccc(Br)cc1. The minimum absolute atomic E-state index is 0.651. The van der Waals surface area contributed by atoms with Crippen molar-refractivity contribution >= 4 is 27.7 Å². The van der Waals surface area contributed by atoms with Crippen LogP contribution in [0.25, 0.3) is 0 Å². The monoisotopic (exact) mass is 244 g/mol. The van der Waals surface area contributed by atoms with Crippen molar-refractivity contribution in [2.24, 2.45) is 0 Å². The Labute approximate surface area is 86.9 Å². The van der Waals surface area contributed by atoms with Crippen molar-refractivity contribution < 1.29 is 0 Å². The zero-order valence-electron chi connectivity index (χ0n) is 7.38. The molecule has 1 rings (SSSR count). The van der Waals surface area contributed by atoms with Crippen molar-refractivity contribution in [3.8, 4) is 0 Å². The fraction of sp³-hybridized carbons (Fsp3) is 0.400. The van der Waals surface area contributed by atoms with Gasteiger partial charge in [0.25, 0.3) is 0 Å². The molecular weight excluding hydrogens is 232 g/mol. The highest BCUT2D eigenvalue weighted by molar-refractivity contribution is 9.10. The first-order valence-corrected chi connectivity index (χ1v) is 6.14. The van der Waals surface area contributed by atoms with Gasteiger partial charge in [0.05, 0.1) is 0 Å². The largest absolute Gasteiger partial charge is 0.157 e. The van der Waals surface area contributed by atoms with Crippen LogP contribution in [-0.4, -0.2) is 6.26 Å². The van der Waals surface area contributed by atoms with Crippen molar-refractivity contribution in [2.45, 2.75) is 18.6 Å². The van der Waals surface area contributed by atoms with Crippen LogP contribution in [0.1, 0.15) is 24.2 Å². The van der Waals surface area contributed by atoms with Gasteiger partial charge in [0, 0.05) is 9.72 Å². The summed E-state index contributed by atoms with van der Waals surface area (Å²) in [6.07, 6.45) is 3.36. The van der Waals surface area contributed by atoms with E-state index in [2.05, 4.69) is 53.4 Å². The van der Waals surface area contributed by atoms with E-state index in [0.717, 1.165) is 4.47 Å². The van der Waals surface area contributed by atoms with Crippen LogP contribution < -0.4 is 0 Å². The van der Waals surface area contributed by atoms with Gasteiger partial charge in [-0.15, -0.1) is 0 Å². The molecule has 0 aliphatic heterocycles. The zero-order chi connectivity index (χ0) is 8.97. The van der Waals surface area contributed by atoms with Gasteiger partial charge in [0.2, 0.25) is 0 Å². The number of hydrogen-bond donors (Lipinski definition) is 0. The molecule has 2 heteroatoms. The lowest BCUT2D eigenvalue weighted by Gasteiger charge is -2.11. The van der Waals surface area contributed by atoms with Gasteiger partial charge in [-0.05, 0) is 30.4 Å². The number of thioether (sulfide) groups is 1. The highest BCUT2D eigenvalue weighted by Gasteiger charge is 2.05. The summed E-state index contributed by atoms with van der Waals surface area (Å²) in [6, 6.07) is 8.59. The number of halogens is 1. The zero-order valence-corrected chi connectivity index (χ0v) is 9.78. The maximum absolute atomic E-state index is 3.43. The van der Waals surface area contributed by atoms with Gasteiger partial charge < -0.3 is 0 Å². The third kappa shape index (κ3) is 2.53. The third-order valence-electron chi connectivity index (χ3n) is 1.90. The quantitative estimate of drug-likeness (QED) is 0.766. The van der Waals surface area contributed by atoms with E-state index in [0.29, 0.717) is 5.25 Å². The van der Waals surface area contributed by atoms with Gasteiger partial charge in [-0.25, -0.2) is 0 Å². The number of hydrogen-bond acceptors (Lipinski definition) is 1. The molecule has 0 aromatic heterocycles. The van der Waals surface area contributed by atoms with E-state index in [4.69, 9.17) is 0 Å². The van der Waals surface area contributed by atoms with E-state index in [-0.39, 0.29) is 0 Å². The second-order valence-corrected chi connectivity index (χ2v) is 4.64. The van der Waals surface area contributed by atoms with Crippen LogP contribution in [0.5, 0.6) is 0 Å². The minimum Gasteiger partial charge on any atom is -0.157 e. The summed E-state index contributed by atoms with van der Waals surface area (Å²) in [6.45, 7) is 2.23. The van der Waals surface area contributed by atoms with E-state index in [1.165, 1.54) is 12.0 Å². The standard InChI is InChI=1S/C10H13BrS/c1-3-10(12-2)8-4-6-9(11)7-5-8/h4-7,10H,3H2,1-2H3/t10-/m1/s1. The van der Waals surface area contributed by atoms with Crippen molar-refractivity contribution in [1.29, 1.82) is 0 Å². The summed E-state index contributed by atoms with van der Waals surface area (Å²) in [5.41, 5.74) is 1.42. The lowest BCUT2D eigenvalue weighted by molar-refractivity contribution is 0.898. The van der Waals surface area contributed by atoms with Crippen LogP contribution in [0, 0.1) is 0 Å². The van der Waals surface area contributed by atoms with Gasteiger partial charge in [0.15, 0.2) is 0 Å². The Hall–Kier alpha value is 0.0500. The average molecular weight is 245 g/mol. The Morgan fingerprint density at radius 2 is 1.92 bits per heavy atom. The van der Waals surface area contributed by atoms with Gasteiger partial charge in [-0.3, -0.25) is 0 Å². The molecule has 0 spiro atoms. The van der Waals surface area contributed by atoms with E-state index in [1.807, 2.05) is 11.8 Å². The Kier molecular flexibility index (Phi) is 4.16. The molecule has 0 aliphatic carbocycles. The van der Waals surface area contributed by atoms with E-state index < -0.39 is 0 Å². The molecule has 1 aromatic carbocycles. The molecule has 1 aromatic rings. The summed E-state index contributed by atoms with van der Waals surface area (Å²) in [5.74, 6) is 0. The molecule has 1 atom stereocenters. The first kappa shape index (κ1) is 10.1. The molecule has 0 amide bonds. The Bertz CT molecular complexity index is 226. The molecule has 0 saturated heterocycles. The van der Waals surface area contributed by atoms with E-state index >= 15 is 0 Å². The molecular formula is C10H13BrS. The third-order valence-corrected chi connectivity index (χ3v) is 3.60. The molecule has 0 radical (unpaired) electrons. The second kappa shape index (κ2) is 4.93. The topological polar surface area (TPSA) is 0 Å². The Morgan fingerprint density at radius 1 is 1.33 bits per heavy atom. The normalized spacial score (nSPS) is 12.9. The van der Waals surface area contributed by atoms with Crippen molar-refractivity contribution in [3.05, 3.63) is 34.3 Å². The highest BCUT2D eigenvalue weighted by Crippen LogP contribution is 2.30. The highest BCUT2D eigenvalue weighted by atomic mass is 79.9. The number of benzene rings is 1. The molecule has 12 heavy (non-hydrogen) atoms. The van der Waals surface area contributed by atoms with Crippen LogP contribution in [0.3, 0.4) is 0 Å². The van der Waals surface area contributed by atoms with Crippen molar-refractivity contribution in [3.63, 3.8) is 0 Å². The molecule has 0 bridgehead atoms. The molecule has 0 fully saturated rings. The lowest BCUT2D eigenvalue weighted by Crippen LogP contribution is -1.90. The molecule has 0 nitrogen and oxygen atoms in total. The summed E-state index contributed by atoms with van der Waals surface area (Å²) in [5, 5.41) is 0.651. The Balaban J connectivity index is 2.80. The summed E-state index contributed by atoms with van der Waals surface area (Å²) in [4.78, 5) is 0. The summed E-state index contributed by atoms with van der Waals surface area (Å²) < 4.78 is 1.15. The van der Waals surface area contributed by atoms with Crippen LogP contribution in [0.4, 0.5) is 0 Å². The Morgan fingerprint density at radius 3 is 2.33 bits per heavy atom. The minimum atomic E-state index is 0.651. The average Bonchev–Trinajstić information content (AvgIpc) is 2.10. The smallest absolute Gasteiger partial charge is 0.0291 e. The van der Waals surface area contributed by atoms with Gasteiger partial charge in [-0.2, -0.15) is 11.8 Å². The van der Waals surface area contributed by atoms with Crippen molar-refractivity contribution in [2.75, 3.05) is 6.26 Å². The summed E-state index contributed by atoms with van der Waals surface area (Å²) in [7, 11) is 0. The fourth-order valence-corrected chi connectivity index (χ4v) is 2.24. The van der Waals surface area contributed by atoms with E-state index in [9.17, 15) is 0 Å². The first-order valence-electron chi connectivity index (χ1n) is 4.06. The predicted molar refractivity (Wildman–Crippen MR) is 60.7 cm³/mol. The summed E-state index contributed by atoms with van der Waals surface area (Å²) >= 11 is 5.35. The van der Waals surface area contributed by atoms with Gasteiger partial charge >= 0.3 is 0 Å². The molecule has 0 saturated carbocycles. The predicted octanol–water partition coefficient (Wildman–Crippen LogP) is 4.26. The van der Waals surface area contributed by atoms with E-state index in [1.54, 1.807) is 0 Å². The van der Waals surface area contributed by atoms with Crippen LogP contribution in [0.15, 0.2) is 28.7 Å². The van der Waals surface area contributed by atoms with Crippen LogP contribution in [-0.2, 0) is 0 Å². The molecule has 0 unspecified atom stereocenters. The maximum Gasteiger partial charge on any atom is 0.0291 e. The molecule has 0 N–H and O–H groups in total. The second-order valence-electron chi connectivity index (χ2n) is 2.68. The van der Waals surface area contributed by atoms with Crippen LogP contribution >= 0.6 is 27.7 Å². The van der Waals surface area contributed by atoms with Gasteiger partial charge in [0.1, 0.15) is 0 Å². The van der Waals surface area contributed by atoms with Crippen molar-refractivity contribution in [1.82, 2.24) is 0 Å².